The zero-order valence-electron chi connectivity index (χ0n) is 9.22. The Morgan fingerprint density at radius 1 is 1.47 bits per heavy atom. The first-order valence-electron chi connectivity index (χ1n) is 5.07. The van der Waals surface area contributed by atoms with Crippen LogP contribution in [0.15, 0.2) is 30.5 Å². The monoisotopic (exact) mass is 234 g/mol. The van der Waals surface area contributed by atoms with Gasteiger partial charge in [-0.15, -0.1) is 0 Å². The van der Waals surface area contributed by atoms with E-state index in [1.54, 1.807) is 10.9 Å². The molecule has 0 saturated carbocycles. The average Bonchev–Trinajstić information content (AvgIpc) is 2.63. The SMILES string of the molecule is Cc1ccnn1Cc1cc(F)cc(C(=O)O)c1. The standard InChI is InChI=1S/C12H11FN2O2/c1-8-2-3-14-15(8)7-9-4-10(12(16)17)6-11(13)5-9/h2-6H,7H2,1H3,(H,16,17). The fraction of sp³-hybridized carbons (Fsp3) is 0.167. The van der Waals surface area contributed by atoms with Crippen molar-refractivity contribution in [2.45, 2.75) is 13.5 Å². The number of carbonyl (C=O) groups is 1. The molecule has 1 N–H and O–H groups in total. The predicted octanol–water partition coefficient (Wildman–Crippen LogP) is 2.08. The molecule has 88 valence electrons. The fourth-order valence-corrected chi connectivity index (χ4v) is 1.60. The maximum absolute atomic E-state index is 13.2. The van der Waals surface area contributed by atoms with E-state index in [-0.39, 0.29) is 5.56 Å². The Hall–Kier alpha value is -2.17. The third-order valence-corrected chi connectivity index (χ3v) is 2.47. The molecule has 17 heavy (non-hydrogen) atoms. The lowest BCUT2D eigenvalue weighted by atomic mass is 10.1. The van der Waals surface area contributed by atoms with Crippen LogP contribution in [-0.4, -0.2) is 20.9 Å². The number of aromatic carboxylic acids is 1. The van der Waals surface area contributed by atoms with Gasteiger partial charge in [0.15, 0.2) is 0 Å². The van der Waals surface area contributed by atoms with Crippen molar-refractivity contribution in [3.63, 3.8) is 0 Å². The molecule has 1 aromatic heterocycles. The molecule has 0 bridgehead atoms. The number of carboxylic acid groups (broad SMARTS) is 1. The van der Waals surface area contributed by atoms with E-state index in [0.717, 1.165) is 11.8 Å². The number of rotatable bonds is 3. The van der Waals surface area contributed by atoms with Crippen molar-refractivity contribution in [1.82, 2.24) is 9.78 Å². The highest BCUT2D eigenvalue weighted by molar-refractivity contribution is 5.87. The van der Waals surface area contributed by atoms with Gasteiger partial charge in [-0.05, 0) is 36.8 Å². The Bertz CT molecular complexity index is 563. The lowest BCUT2D eigenvalue weighted by molar-refractivity contribution is 0.0696. The summed E-state index contributed by atoms with van der Waals surface area (Å²) in [4.78, 5) is 10.8. The third kappa shape index (κ3) is 2.50. The van der Waals surface area contributed by atoms with Crippen LogP contribution < -0.4 is 0 Å². The zero-order valence-corrected chi connectivity index (χ0v) is 9.22. The largest absolute Gasteiger partial charge is 0.478 e. The minimum Gasteiger partial charge on any atom is -0.478 e. The fourth-order valence-electron chi connectivity index (χ4n) is 1.60. The first kappa shape index (κ1) is 11.3. The summed E-state index contributed by atoms with van der Waals surface area (Å²) in [6.45, 7) is 2.24. The molecule has 0 aliphatic carbocycles. The third-order valence-electron chi connectivity index (χ3n) is 2.47. The number of aryl methyl sites for hydroxylation is 1. The highest BCUT2D eigenvalue weighted by atomic mass is 19.1. The minimum atomic E-state index is -1.14. The van der Waals surface area contributed by atoms with Gasteiger partial charge in [-0.2, -0.15) is 5.10 Å². The number of hydrogen-bond acceptors (Lipinski definition) is 2. The first-order chi connectivity index (χ1) is 8.06. The first-order valence-corrected chi connectivity index (χ1v) is 5.07. The van der Waals surface area contributed by atoms with Crippen LogP contribution in [0.5, 0.6) is 0 Å². The Morgan fingerprint density at radius 3 is 2.82 bits per heavy atom. The molecule has 0 spiro atoms. The maximum Gasteiger partial charge on any atom is 0.335 e. The molecule has 1 heterocycles. The van der Waals surface area contributed by atoms with E-state index in [1.807, 2.05) is 13.0 Å². The molecular formula is C12H11FN2O2. The molecule has 0 fully saturated rings. The molecule has 0 aliphatic heterocycles. The summed E-state index contributed by atoms with van der Waals surface area (Å²) in [5.41, 5.74) is 1.46. The van der Waals surface area contributed by atoms with Crippen LogP contribution in [0, 0.1) is 12.7 Å². The van der Waals surface area contributed by atoms with E-state index in [0.29, 0.717) is 12.1 Å². The summed E-state index contributed by atoms with van der Waals surface area (Å²) in [5, 5.41) is 12.9. The Labute approximate surface area is 97.3 Å². The Kier molecular flexibility index (Phi) is 2.91. The molecule has 0 atom stereocenters. The number of carboxylic acids is 1. The molecule has 0 aliphatic rings. The van der Waals surface area contributed by atoms with Crippen molar-refractivity contribution in [3.8, 4) is 0 Å². The van der Waals surface area contributed by atoms with Crippen molar-refractivity contribution in [3.05, 3.63) is 53.1 Å². The maximum atomic E-state index is 13.2. The summed E-state index contributed by atoms with van der Waals surface area (Å²) in [5.74, 6) is -1.69. The van der Waals surface area contributed by atoms with E-state index in [9.17, 15) is 9.18 Å². The topological polar surface area (TPSA) is 55.1 Å². The zero-order chi connectivity index (χ0) is 12.4. The Balaban J connectivity index is 2.33. The number of hydrogen-bond donors (Lipinski definition) is 1. The van der Waals surface area contributed by atoms with Crippen LogP contribution in [0.3, 0.4) is 0 Å². The van der Waals surface area contributed by atoms with Gasteiger partial charge in [-0.25, -0.2) is 9.18 Å². The number of nitrogens with zero attached hydrogens (tertiary/aromatic N) is 2. The van der Waals surface area contributed by atoms with E-state index in [2.05, 4.69) is 5.10 Å². The molecule has 4 nitrogen and oxygen atoms in total. The molecule has 5 heteroatoms. The quantitative estimate of drug-likeness (QED) is 0.884. The van der Waals surface area contributed by atoms with Crippen LogP contribution in [0.4, 0.5) is 4.39 Å². The second-order valence-corrected chi connectivity index (χ2v) is 3.78. The van der Waals surface area contributed by atoms with Crippen molar-refractivity contribution in [1.29, 1.82) is 0 Å². The molecule has 0 unspecified atom stereocenters. The molecule has 2 aromatic rings. The molecule has 0 amide bonds. The van der Waals surface area contributed by atoms with Gasteiger partial charge in [0.05, 0.1) is 12.1 Å². The van der Waals surface area contributed by atoms with Crippen LogP contribution in [-0.2, 0) is 6.54 Å². The van der Waals surface area contributed by atoms with Crippen molar-refractivity contribution in [2.75, 3.05) is 0 Å². The number of benzene rings is 1. The molecule has 1 aromatic carbocycles. The van der Waals surface area contributed by atoms with Gasteiger partial charge in [0.2, 0.25) is 0 Å². The van der Waals surface area contributed by atoms with E-state index in [4.69, 9.17) is 5.11 Å². The molecule has 0 saturated heterocycles. The van der Waals surface area contributed by atoms with E-state index < -0.39 is 11.8 Å². The highest BCUT2D eigenvalue weighted by Gasteiger charge is 2.08. The second kappa shape index (κ2) is 4.37. The lowest BCUT2D eigenvalue weighted by Gasteiger charge is -2.06. The summed E-state index contributed by atoms with van der Waals surface area (Å²) in [6.07, 6.45) is 1.65. The van der Waals surface area contributed by atoms with Gasteiger partial charge >= 0.3 is 5.97 Å². The van der Waals surface area contributed by atoms with Gasteiger partial charge in [-0.3, -0.25) is 4.68 Å². The highest BCUT2D eigenvalue weighted by Crippen LogP contribution is 2.11. The van der Waals surface area contributed by atoms with Gasteiger partial charge in [0.1, 0.15) is 5.82 Å². The second-order valence-electron chi connectivity index (χ2n) is 3.78. The van der Waals surface area contributed by atoms with Gasteiger partial charge < -0.3 is 5.11 Å². The van der Waals surface area contributed by atoms with E-state index in [1.165, 1.54) is 12.1 Å². The van der Waals surface area contributed by atoms with Crippen LogP contribution in [0.2, 0.25) is 0 Å². The van der Waals surface area contributed by atoms with Crippen LogP contribution in [0.25, 0.3) is 0 Å². The smallest absolute Gasteiger partial charge is 0.335 e. The molecule has 0 radical (unpaired) electrons. The number of aromatic nitrogens is 2. The van der Waals surface area contributed by atoms with E-state index >= 15 is 0 Å². The van der Waals surface area contributed by atoms with Gasteiger partial charge in [-0.1, -0.05) is 0 Å². The average molecular weight is 234 g/mol. The minimum absolute atomic E-state index is 0.0511. The predicted molar refractivity (Wildman–Crippen MR) is 59.4 cm³/mol. The summed E-state index contributed by atoms with van der Waals surface area (Å²) in [7, 11) is 0. The summed E-state index contributed by atoms with van der Waals surface area (Å²) >= 11 is 0. The lowest BCUT2D eigenvalue weighted by Crippen LogP contribution is -2.06. The van der Waals surface area contributed by atoms with Crippen molar-refractivity contribution in [2.24, 2.45) is 0 Å². The summed E-state index contributed by atoms with van der Waals surface area (Å²) in [6, 6.07) is 5.60. The Morgan fingerprint density at radius 2 is 2.24 bits per heavy atom. The van der Waals surface area contributed by atoms with Gasteiger partial charge in [0.25, 0.3) is 0 Å². The van der Waals surface area contributed by atoms with Crippen LogP contribution in [0.1, 0.15) is 21.6 Å². The number of halogens is 1. The van der Waals surface area contributed by atoms with Crippen molar-refractivity contribution < 1.29 is 14.3 Å². The van der Waals surface area contributed by atoms with Crippen LogP contribution >= 0.6 is 0 Å². The molecule has 2 rings (SSSR count). The summed E-state index contributed by atoms with van der Waals surface area (Å²) < 4.78 is 14.9. The molecular weight excluding hydrogens is 223 g/mol. The van der Waals surface area contributed by atoms with Gasteiger partial charge in [0, 0.05) is 11.9 Å². The van der Waals surface area contributed by atoms with Crippen molar-refractivity contribution >= 4 is 5.97 Å². The normalized spacial score (nSPS) is 10.5.